The van der Waals surface area contributed by atoms with Crippen LogP contribution in [0.2, 0.25) is 0 Å². The van der Waals surface area contributed by atoms with Crippen molar-refractivity contribution >= 4 is 29.0 Å². The molecule has 16 heavy (non-hydrogen) atoms. The number of carbonyl (C=O) groups is 2. The van der Waals surface area contributed by atoms with Gasteiger partial charge in [0.1, 0.15) is 0 Å². The fraction of sp³-hybridized carbons (Fsp3) is 0.167. The average molecular weight is 236 g/mol. The van der Waals surface area contributed by atoms with Crippen molar-refractivity contribution in [3.05, 3.63) is 40.9 Å². The van der Waals surface area contributed by atoms with Crippen LogP contribution < -0.4 is 4.90 Å². The number of hydrogen-bond acceptors (Lipinski definition) is 2. The van der Waals surface area contributed by atoms with E-state index in [9.17, 15) is 9.59 Å². The first-order chi connectivity index (χ1) is 7.52. The Morgan fingerprint density at radius 2 is 2.12 bits per heavy atom. The molecule has 1 aliphatic rings. The van der Waals surface area contributed by atoms with E-state index in [0.717, 1.165) is 5.56 Å². The van der Waals surface area contributed by atoms with Gasteiger partial charge in [-0.25, -0.2) is 0 Å². The Morgan fingerprint density at radius 1 is 1.44 bits per heavy atom. The molecule has 1 aromatic carbocycles. The van der Waals surface area contributed by atoms with Crippen LogP contribution in [0.15, 0.2) is 29.8 Å². The number of carbonyl (C=O) groups excluding carboxylic acids is 2. The summed E-state index contributed by atoms with van der Waals surface area (Å²) in [5.41, 5.74) is 1.98. The van der Waals surface area contributed by atoms with Crippen LogP contribution in [0.25, 0.3) is 0 Å². The van der Waals surface area contributed by atoms with Gasteiger partial charge >= 0.3 is 0 Å². The number of halogens is 1. The van der Waals surface area contributed by atoms with E-state index in [2.05, 4.69) is 6.58 Å². The summed E-state index contributed by atoms with van der Waals surface area (Å²) in [5, 5.41) is 0.331. The van der Waals surface area contributed by atoms with Crippen molar-refractivity contribution in [2.75, 3.05) is 11.4 Å². The van der Waals surface area contributed by atoms with Crippen LogP contribution in [0.3, 0.4) is 0 Å². The van der Waals surface area contributed by atoms with Gasteiger partial charge in [-0.1, -0.05) is 30.3 Å². The van der Waals surface area contributed by atoms with E-state index in [4.69, 9.17) is 11.6 Å². The normalized spacial score (nSPS) is 14.2. The molecule has 0 saturated heterocycles. The lowest BCUT2D eigenvalue weighted by atomic mass is 10.1. The maximum atomic E-state index is 11.7. The van der Waals surface area contributed by atoms with Crippen LogP contribution in [-0.2, 0) is 4.79 Å². The topological polar surface area (TPSA) is 37.4 Å². The molecule has 1 heterocycles. The molecule has 0 fully saturated rings. The summed E-state index contributed by atoms with van der Waals surface area (Å²) in [4.78, 5) is 24.8. The molecule has 0 spiro atoms. The van der Waals surface area contributed by atoms with E-state index in [1.54, 1.807) is 12.1 Å². The molecule has 0 radical (unpaired) electrons. The maximum Gasteiger partial charge on any atom is 0.299 e. The fourth-order valence-electron chi connectivity index (χ4n) is 1.86. The molecular formula is C12H10ClNO2. The molecule has 0 saturated carbocycles. The zero-order valence-corrected chi connectivity index (χ0v) is 9.54. The Balaban J connectivity index is 2.56. The molecule has 2 rings (SSSR count). The van der Waals surface area contributed by atoms with Gasteiger partial charge in [-0.2, -0.15) is 0 Å². The van der Waals surface area contributed by atoms with E-state index >= 15 is 0 Å². The number of amides is 1. The zero-order chi connectivity index (χ0) is 11.9. The van der Waals surface area contributed by atoms with Crippen molar-refractivity contribution in [2.24, 2.45) is 0 Å². The third kappa shape index (κ3) is 1.53. The second kappa shape index (κ2) is 3.76. The molecule has 0 atom stereocenters. The van der Waals surface area contributed by atoms with Crippen molar-refractivity contribution in [2.45, 2.75) is 6.92 Å². The molecule has 0 aliphatic carbocycles. The molecule has 0 bridgehead atoms. The van der Waals surface area contributed by atoms with Crippen molar-refractivity contribution in [3.63, 3.8) is 0 Å². The van der Waals surface area contributed by atoms with Crippen LogP contribution in [-0.4, -0.2) is 18.2 Å². The molecule has 4 heteroatoms. The number of fused-ring (bicyclic) bond motifs is 1. The number of benzene rings is 1. The average Bonchev–Trinajstić information content (AvgIpc) is 2.45. The minimum absolute atomic E-state index is 0.171. The number of ketones is 1. The van der Waals surface area contributed by atoms with E-state index < -0.39 is 11.7 Å². The lowest BCUT2D eigenvalue weighted by Gasteiger charge is -2.17. The van der Waals surface area contributed by atoms with Gasteiger partial charge in [0.2, 0.25) is 0 Å². The van der Waals surface area contributed by atoms with Gasteiger partial charge in [-0.3, -0.25) is 14.5 Å². The SMILES string of the molecule is C=C(Cl)CN1C(=O)C(=O)c2cccc(C)c21. The first-order valence-electron chi connectivity index (χ1n) is 4.81. The Bertz CT molecular complexity index is 508. The highest BCUT2D eigenvalue weighted by Crippen LogP contribution is 2.32. The summed E-state index contributed by atoms with van der Waals surface area (Å²) in [5.74, 6) is -1.01. The first kappa shape index (κ1) is 10.9. The Hall–Kier alpha value is -1.61. The minimum Gasteiger partial charge on any atom is -0.299 e. The largest absolute Gasteiger partial charge is 0.299 e. The van der Waals surface area contributed by atoms with Gasteiger partial charge < -0.3 is 0 Å². The Kier molecular flexibility index (Phi) is 2.56. The fourth-order valence-corrected chi connectivity index (χ4v) is 1.98. The summed E-state index contributed by atoms with van der Waals surface area (Å²) in [7, 11) is 0. The quantitative estimate of drug-likeness (QED) is 0.738. The van der Waals surface area contributed by atoms with Gasteiger partial charge in [0.25, 0.3) is 11.7 Å². The standard InChI is InChI=1S/C12H10ClNO2/c1-7-4-3-5-9-10(7)14(6-8(2)13)12(16)11(9)15/h3-5H,2,6H2,1H3. The van der Waals surface area contributed by atoms with E-state index in [1.807, 2.05) is 13.0 Å². The second-order valence-electron chi connectivity index (χ2n) is 3.71. The molecule has 82 valence electrons. The number of hydrogen-bond donors (Lipinski definition) is 0. The third-order valence-corrected chi connectivity index (χ3v) is 2.64. The number of anilines is 1. The summed E-state index contributed by atoms with van der Waals surface area (Å²) in [6.45, 7) is 5.57. The predicted octanol–water partition coefficient (Wildman–Crippen LogP) is 2.28. The number of aryl methyl sites for hydroxylation is 1. The van der Waals surface area contributed by atoms with Crippen molar-refractivity contribution in [1.29, 1.82) is 0 Å². The maximum absolute atomic E-state index is 11.7. The van der Waals surface area contributed by atoms with Gasteiger partial charge in [0.15, 0.2) is 0 Å². The van der Waals surface area contributed by atoms with Gasteiger partial charge in [-0.15, -0.1) is 0 Å². The molecule has 1 amide bonds. The van der Waals surface area contributed by atoms with Gasteiger partial charge in [0, 0.05) is 5.03 Å². The minimum atomic E-state index is -0.536. The van der Waals surface area contributed by atoms with E-state index in [0.29, 0.717) is 16.3 Å². The molecule has 0 aromatic heterocycles. The summed E-state index contributed by atoms with van der Waals surface area (Å²) in [6.07, 6.45) is 0. The van der Waals surface area contributed by atoms with Crippen molar-refractivity contribution in [1.82, 2.24) is 0 Å². The van der Waals surface area contributed by atoms with Gasteiger partial charge in [0.05, 0.1) is 17.8 Å². The van der Waals surface area contributed by atoms with Crippen LogP contribution in [0, 0.1) is 6.92 Å². The zero-order valence-electron chi connectivity index (χ0n) is 8.79. The highest BCUT2D eigenvalue weighted by atomic mass is 35.5. The lowest BCUT2D eigenvalue weighted by molar-refractivity contribution is -0.114. The molecule has 1 aliphatic heterocycles. The van der Waals surface area contributed by atoms with Crippen LogP contribution >= 0.6 is 11.6 Å². The van der Waals surface area contributed by atoms with Crippen LogP contribution in [0.5, 0.6) is 0 Å². The number of para-hydroxylation sites is 1. The smallest absolute Gasteiger partial charge is 0.299 e. The summed E-state index contributed by atoms with van der Waals surface area (Å²) >= 11 is 5.69. The van der Waals surface area contributed by atoms with Crippen LogP contribution in [0.1, 0.15) is 15.9 Å². The number of Topliss-reactive ketones (excluding diaryl/α,β-unsaturated/α-hetero) is 1. The predicted molar refractivity (Wildman–Crippen MR) is 62.9 cm³/mol. The lowest BCUT2D eigenvalue weighted by Crippen LogP contribution is -2.31. The highest BCUT2D eigenvalue weighted by molar-refractivity contribution is 6.52. The van der Waals surface area contributed by atoms with Crippen molar-refractivity contribution < 1.29 is 9.59 Å². The van der Waals surface area contributed by atoms with Crippen LogP contribution in [0.4, 0.5) is 5.69 Å². The molecule has 3 nitrogen and oxygen atoms in total. The monoisotopic (exact) mass is 235 g/mol. The third-order valence-electron chi connectivity index (χ3n) is 2.52. The van der Waals surface area contributed by atoms with Crippen molar-refractivity contribution in [3.8, 4) is 0 Å². The number of rotatable bonds is 2. The second-order valence-corrected chi connectivity index (χ2v) is 4.24. The molecule has 0 unspecified atom stereocenters. The Morgan fingerprint density at radius 3 is 2.75 bits per heavy atom. The van der Waals surface area contributed by atoms with Gasteiger partial charge in [-0.05, 0) is 18.6 Å². The number of nitrogens with zero attached hydrogens (tertiary/aromatic N) is 1. The molecule has 1 aromatic rings. The highest BCUT2D eigenvalue weighted by Gasteiger charge is 2.36. The molecule has 0 N–H and O–H groups in total. The first-order valence-corrected chi connectivity index (χ1v) is 5.19. The Labute approximate surface area is 98.3 Å². The molecular weight excluding hydrogens is 226 g/mol. The van der Waals surface area contributed by atoms with E-state index in [-0.39, 0.29) is 6.54 Å². The van der Waals surface area contributed by atoms with E-state index in [1.165, 1.54) is 4.90 Å². The summed E-state index contributed by atoms with van der Waals surface area (Å²) in [6, 6.07) is 5.27. The summed E-state index contributed by atoms with van der Waals surface area (Å²) < 4.78 is 0.